The first-order chi connectivity index (χ1) is 14.4. The van der Waals surface area contributed by atoms with Gasteiger partial charge in [0, 0.05) is 31.2 Å². The summed E-state index contributed by atoms with van der Waals surface area (Å²) in [6.07, 6.45) is 5.61. The fourth-order valence-corrected chi connectivity index (χ4v) is 4.19. The van der Waals surface area contributed by atoms with Crippen molar-refractivity contribution in [3.8, 4) is 16.8 Å². The molecule has 9 heteroatoms. The molecular formula is C21H21BN7O. The van der Waals surface area contributed by atoms with Gasteiger partial charge in [-0.25, -0.2) is 4.79 Å². The van der Waals surface area contributed by atoms with Gasteiger partial charge in [0.05, 0.1) is 46.0 Å². The second-order valence-corrected chi connectivity index (χ2v) is 7.60. The van der Waals surface area contributed by atoms with Gasteiger partial charge in [-0.05, 0) is 31.5 Å². The van der Waals surface area contributed by atoms with E-state index in [1.54, 1.807) is 27.1 Å². The second-order valence-electron chi connectivity index (χ2n) is 7.60. The molecule has 1 radical (unpaired) electrons. The van der Waals surface area contributed by atoms with Gasteiger partial charge < -0.3 is 0 Å². The predicted molar refractivity (Wildman–Crippen MR) is 119 cm³/mol. The van der Waals surface area contributed by atoms with Crippen molar-refractivity contribution < 1.29 is 0 Å². The molecule has 4 heterocycles. The summed E-state index contributed by atoms with van der Waals surface area (Å²) in [5.74, 6) is 0. The van der Waals surface area contributed by atoms with E-state index >= 15 is 0 Å². The number of benzene rings is 1. The maximum absolute atomic E-state index is 13.3. The summed E-state index contributed by atoms with van der Waals surface area (Å²) < 4.78 is 5.17. The Balaban J connectivity index is 1.96. The summed E-state index contributed by atoms with van der Waals surface area (Å²) >= 11 is 0. The highest BCUT2D eigenvalue weighted by atomic mass is 16.1. The van der Waals surface area contributed by atoms with E-state index in [0.717, 1.165) is 55.6 Å². The molecule has 0 fully saturated rings. The number of nitrogens with one attached hydrogen (secondary N) is 1. The molecule has 0 aliphatic carbocycles. The molecule has 0 bridgehead atoms. The molecule has 0 amide bonds. The van der Waals surface area contributed by atoms with E-state index in [4.69, 9.17) is 0 Å². The molecule has 30 heavy (non-hydrogen) atoms. The Hall–Kier alpha value is -3.62. The first-order valence-electron chi connectivity index (χ1n) is 9.75. The highest BCUT2D eigenvalue weighted by Crippen LogP contribution is 2.29. The molecule has 8 nitrogen and oxygen atoms in total. The van der Waals surface area contributed by atoms with E-state index in [1.807, 2.05) is 40.1 Å². The van der Waals surface area contributed by atoms with Crippen LogP contribution in [0.1, 0.15) is 11.4 Å². The van der Waals surface area contributed by atoms with Gasteiger partial charge in [-0.3, -0.25) is 23.9 Å². The van der Waals surface area contributed by atoms with Gasteiger partial charge in [0.2, 0.25) is 0 Å². The lowest BCUT2D eigenvalue weighted by Gasteiger charge is -2.11. The summed E-state index contributed by atoms with van der Waals surface area (Å²) in [5.41, 5.74) is 7.86. The third kappa shape index (κ3) is 2.48. The van der Waals surface area contributed by atoms with Crippen LogP contribution in [0.25, 0.3) is 38.8 Å². The number of fused-ring (bicyclic) bond motifs is 3. The minimum atomic E-state index is -0.124. The predicted octanol–water partition coefficient (Wildman–Crippen LogP) is 2.00. The topological polar surface area (TPSA) is 86.3 Å². The fourth-order valence-electron chi connectivity index (χ4n) is 4.19. The zero-order valence-electron chi connectivity index (χ0n) is 17.6. The van der Waals surface area contributed by atoms with Crippen molar-refractivity contribution in [2.45, 2.75) is 20.7 Å². The number of rotatable bonds is 3. The average molecular weight is 398 g/mol. The summed E-state index contributed by atoms with van der Waals surface area (Å²) in [5, 5.41) is 12.5. The van der Waals surface area contributed by atoms with Gasteiger partial charge in [-0.1, -0.05) is 12.3 Å². The van der Waals surface area contributed by atoms with E-state index in [9.17, 15) is 4.79 Å². The lowest BCUT2D eigenvalue weighted by molar-refractivity contribution is 0.768. The largest absolute Gasteiger partial charge is 0.333 e. The molecule has 0 atom stereocenters. The SMILES string of the molecule is C[B]c1cc2ncc3c(c2cc1-c1cnn(C)c1)n(-c1c(C)n[nH]c1C)c(=O)n3C. The van der Waals surface area contributed by atoms with Gasteiger partial charge >= 0.3 is 5.69 Å². The average Bonchev–Trinajstić information content (AvgIpc) is 3.38. The number of hydrogen-bond acceptors (Lipinski definition) is 4. The third-order valence-electron chi connectivity index (χ3n) is 5.69. The number of H-pyrrole nitrogens is 1. The van der Waals surface area contributed by atoms with Crippen LogP contribution in [-0.2, 0) is 14.1 Å². The van der Waals surface area contributed by atoms with Gasteiger partial charge in [0.15, 0.2) is 0 Å². The summed E-state index contributed by atoms with van der Waals surface area (Å²) in [6, 6.07) is 4.17. The Morgan fingerprint density at radius 3 is 2.57 bits per heavy atom. The Morgan fingerprint density at radius 1 is 1.13 bits per heavy atom. The third-order valence-corrected chi connectivity index (χ3v) is 5.69. The smallest absolute Gasteiger partial charge is 0.293 e. The van der Waals surface area contributed by atoms with Crippen LogP contribution >= 0.6 is 0 Å². The van der Waals surface area contributed by atoms with E-state index < -0.39 is 0 Å². The van der Waals surface area contributed by atoms with Crippen LogP contribution in [0.3, 0.4) is 0 Å². The molecule has 1 N–H and O–H groups in total. The van der Waals surface area contributed by atoms with Crippen molar-refractivity contribution in [1.82, 2.24) is 34.1 Å². The molecule has 4 aromatic heterocycles. The fraction of sp³-hybridized carbons (Fsp3) is 0.238. The van der Waals surface area contributed by atoms with Gasteiger partial charge in [0.1, 0.15) is 7.28 Å². The number of hydrogen-bond donors (Lipinski definition) is 1. The Labute approximate surface area is 173 Å². The molecule has 0 unspecified atom stereocenters. The minimum Gasteiger partial charge on any atom is -0.293 e. The second kappa shape index (κ2) is 6.45. The number of aryl methyl sites for hydroxylation is 4. The Bertz CT molecular complexity index is 1480. The normalized spacial score (nSPS) is 11.6. The number of aromatic nitrogens is 7. The van der Waals surface area contributed by atoms with Crippen LogP contribution in [0, 0.1) is 13.8 Å². The molecule has 0 saturated carbocycles. The Morgan fingerprint density at radius 2 is 1.93 bits per heavy atom. The van der Waals surface area contributed by atoms with Crippen LogP contribution < -0.4 is 11.2 Å². The summed E-state index contributed by atoms with van der Waals surface area (Å²) in [7, 11) is 5.74. The van der Waals surface area contributed by atoms with E-state index in [-0.39, 0.29) is 5.69 Å². The molecule has 0 aliphatic heterocycles. The van der Waals surface area contributed by atoms with E-state index in [1.165, 1.54) is 0 Å². The lowest BCUT2D eigenvalue weighted by atomic mass is 9.69. The first-order valence-corrected chi connectivity index (χ1v) is 9.75. The van der Waals surface area contributed by atoms with Gasteiger partial charge in [0.25, 0.3) is 0 Å². The minimum absolute atomic E-state index is 0.124. The first kappa shape index (κ1) is 18.4. The standard InChI is InChI=1S/C21H21BN7O/c1-11-19(12(2)26-25-11)29-20-15-6-14(13-8-24-27(4)10-13)16(22-3)7-17(15)23-9-18(20)28(5)21(29)30/h6-10H,1-5H3,(H,25,26). The molecule has 5 aromatic rings. The van der Waals surface area contributed by atoms with E-state index in [0.29, 0.717) is 0 Å². The van der Waals surface area contributed by atoms with Crippen LogP contribution in [0.5, 0.6) is 0 Å². The summed E-state index contributed by atoms with van der Waals surface area (Å²) in [4.78, 5) is 17.9. The number of nitrogens with zero attached hydrogens (tertiary/aromatic N) is 6. The molecule has 1 aromatic carbocycles. The van der Waals surface area contributed by atoms with Crippen molar-refractivity contribution >= 4 is 34.7 Å². The maximum atomic E-state index is 13.3. The van der Waals surface area contributed by atoms with Crippen molar-refractivity contribution in [1.29, 1.82) is 0 Å². The van der Waals surface area contributed by atoms with Gasteiger partial charge in [-0.15, -0.1) is 0 Å². The van der Waals surface area contributed by atoms with Crippen LogP contribution in [0.2, 0.25) is 6.82 Å². The van der Waals surface area contributed by atoms with Crippen LogP contribution in [0.15, 0.2) is 35.5 Å². The van der Waals surface area contributed by atoms with Crippen LogP contribution in [0.4, 0.5) is 0 Å². The molecule has 0 aliphatic rings. The molecule has 149 valence electrons. The number of aromatic amines is 1. The molecular weight excluding hydrogens is 377 g/mol. The van der Waals surface area contributed by atoms with Gasteiger partial charge in [-0.2, -0.15) is 10.2 Å². The zero-order chi connectivity index (χ0) is 21.2. The van der Waals surface area contributed by atoms with Crippen molar-refractivity contribution in [3.63, 3.8) is 0 Å². The van der Waals surface area contributed by atoms with Crippen molar-refractivity contribution in [3.05, 3.63) is 52.6 Å². The highest BCUT2D eigenvalue weighted by Gasteiger charge is 2.21. The highest BCUT2D eigenvalue weighted by molar-refractivity contribution is 6.54. The maximum Gasteiger partial charge on any atom is 0.333 e. The van der Waals surface area contributed by atoms with Crippen molar-refractivity contribution in [2.75, 3.05) is 0 Å². The quantitative estimate of drug-likeness (QED) is 0.471. The molecule has 0 spiro atoms. The number of imidazole rings is 1. The molecule has 5 rings (SSSR count). The lowest BCUT2D eigenvalue weighted by Crippen LogP contribution is -2.21. The zero-order valence-corrected chi connectivity index (χ0v) is 17.6. The Kier molecular flexibility index (Phi) is 3.96. The summed E-state index contributed by atoms with van der Waals surface area (Å²) in [6.45, 7) is 5.84. The van der Waals surface area contributed by atoms with E-state index in [2.05, 4.69) is 39.7 Å². The van der Waals surface area contributed by atoms with Crippen LogP contribution in [-0.4, -0.2) is 41.4 Å². The number of pyridine rings is 1. The monoisotopic (exact) mass is 398 g/mol. The van der Waals surface area contributed by atoms with Crippen molar-refractivity contribution in [2.24, 2.45) is 14.1 Å². The molecule has 0 saturated heterocycles.